The molecule has 0 saturated heterocycles. The molecule has 0 aromatic heterocycles. The number of ether oxygens (including phenoxy) is 1. The maximum Gasteiger partial charge on any atom is 0.248 e. The number of ketones is 1. The van der Waals surface area contributed by atoms with Crippen LogP contribution in [-0.4, -0.2) is 39.0 Å². The zero-order valence-corrected chi connectivity index (χ0v) is 20.0. The van der Waals surface area contributed by atoms with Crippen LogP contribution in [0.4, 0.5) is 13.2 Å². The van der Waals surface area contributed by atoms with Gasteiger partial charge in [-0.1, -0.05) is 0 Å². The topological polar surface area (TPSA) is 86.5 Å². The van der Waals surface area contributed by atoms with E-state index >= 15 is 0 Å². The summed E-state index contributed by atoms with van der Waals surface area (Å²) < 4.78 is 70.7. The van der Waals surface area contributed by atoms with Gasteiger partial charge in [0.1, 0.15) is 18.1 Å². The number of hydrogen-bond donors (Lipinski definition) is 1. The van der Waals surface area contributed by atoms with E-state index in [1.165, 1.54) is 12.1 Å². The zero-order chi connectivity index (χ0) is 24.6. The van der Waals surface area contributed by atoms with Gasteiger partial charge in [-0.25, -0.2) is 21.6 Å². The average molecular weight is 500 g/mol. The molecule has 4 aliphatic carbocycles. The van der Waals surface area contributed by atoms with E-state index in [2.05, 4.69) is 0 Å². The highest BCUT2D eigenvalue weighted by molar-refractivity contribution is 7.91. The van der Waals surface area contributed by atoms with Crippen molar-refractivity contribution in [1.29, 1.82) is 0 Å². The molecule has 1 aromatic rings. The van der Waals surface area contributed by atoms with E-state index in [1.54, 1.807) is 12.1 Å². The molecule has 0 unspecified atom stereocenters. The number of rotatable bonds is 10. The summed E-state index contributed by atoms with van der Waals surface area (Å²) in [5.41, 5.74) is 4.90. The van der Waals surface area contributed by atoms with Crippen LogP contribution in [0, 0.1) is 16.7 Å². The average Bonchev–Trinajstić information content (AvgIpc) is 2.79. The number of hydrogen-bond acceptors (Lipinski definition) is 5. The third-order valence-corrected chi connectivity index (χ3v) is 10.1. The van der Waals surface area contributed by atoms with Crippen molar-refractivity contribution in [3.05, 3.63) is 36.2 Å². The van der Waals surface area contributed by atoms with Crippen LogP contribution in [-0.2, 0) is 14.6 Å². The van der Waals surface area contributed by atoms with Gasteiger partial charge in [-0.05, 0) is 74.1 Å². The molecule has 0 atom stereocenters. The summed E-state index contributed by atoms with van der Waals surface area (Å²) in [6, 6.07) is 6.09. The molecule has 2 bridgehead atoms. The Hall–Kier alpha value is -1.87. The summed E-state index contributed by atoms with van der Waals surface area (Å²) in [4.78, 5) is 13.2. The first-order valence-electron chi connectivity index (χ1n) is 11.9. The standard InChI is InChI=1S/C25H32F3NO4S/c26-14-19(15-29)16-33-20-1-3-21(4-2-20)34(31,32)17-23-5-8-24(9-6-23,10-7-23)22(30)11-18-12-25(27,28)13-18/h1-4,14,18H,5-13,15-17,29H2/b19-14+. The van der Waals surface area contributed by atoms with Crippen LogP contribution >= 0.6 is 0 Å². The molecule has 188 valence electrons. The Morgan fingerprint density at radius 2 is 1.65 bits per heavy atom. The second kappa shape index (κ2) is 9.30. The molecule has 5 rings (SSSR count). The molecule has 0 spiro atoms. The minimum atomic E-state index is -3.55. The van der Waals surface area contributed by atoms with Crippen molar-refractivity contribution in [2.45, 2.75) is 68.6 Å². The van der Waals surface area contributed by atoms with Crippen LogP contribution in [0.15, 0.2) is 41.1 Å². The minimum absolute atomic E-state index is 0.00808. The number of halogens is 3. The van der Waals surface area contributed by atoms with E-state index in [4.69, 9.17) is 10.5 Å². The smallest absolute Gasteiger partial charge is 0.248 e. The summed E-state index contributed by atoms with van der Waals surface area (Å²) in [5.74, 6) is -2.28. The molecule has 9 heteroatoms. The second-order valence-electron chi connectivity index (χ2n) is 10.5. The molecule has 4 aliphatic rings. The van der Waals surface area contributed by atoms with Crippen molar-refractivity contribution < 1.29 is 31.1 Å². The van der Waals surface area contributed by atoms with Gasteiger partial charge in [0.05, 0.1) is 17.0 Å². The Morgan fingerprint density at radius 1 is 1.06 bits per heavy atom. The Kier molecular flexibility index (Phi) is 6.90. The van der Waals surface area contributed by atoms with Crippen LogP contribution in [0.2, 0.25) is 0 Å². The second-order valence-corrected chi connectivity index (χ2v) is 12.5. The Balaban J connectivity index is 1.34. The number of carbonyl (C=O) groups excluding carboxylic acids is 1. The molecule has 0 heterocycles. The highest BCUT2D eigenvalue weighted by Crippen LogP contribution is 2.59. The summed E-state index contributed by atoms with van der Waals surface area (Å²) >= 11 is 0. The van der Waals surface area contributed by atoms with Gasteiger partial charge in [-0.2, -0.15) is 0 Å². The lowest BCUT2D eigenvalue weighted by Gasteiger charge is -2.53. The Morgan fingerprint density at radius 3 is 2.15 bits per heavy atom. The summed E-state index contributed by atoms with van der Waals surface area (Å²) in [7, 11) is -3.55. The highest BCUT2D eigenvalue weighted by atomic mass is 32.2. The van der Waals surface area contributed by atoms with Crippen LogP contribution in [0.1, 0.15) is 57.8 Å². The zero-order valence-electron chi connectivity index (χ0n) is 19.2. The SMILES string of the molecule is NC/C(=C\F)COc1ccc(S(=O)(=O)CC23CCC(C(=O)CC4CC(F)(F)C4)(CC2)CC3)cc1. The van der Waals surface area contributed by atoms with Gasteiger partial charge in [0.25, 0.3) is 0 Å². The van der Waals surface area contributed by atoms with Crippen LogP contribution < -0.4 is 10.5 Å². The van der Waals surface area contributed by atoms with E-state index in [0.29, 0.717) is 56.2 Å². The molecular weight excluding hydrogens is 467 g/mol. The van der Waals surface area contributed by atoms with Gasteiger partial charge >= 0.3 is 0 Å². The fraction of sp³-hybridized carbons (Fsp3) is 0.640. The summed E-state index contributed by atoms with van der Waals surface area (Å²) in [5, 5.41) is 0. The van der Waals surface area contributed by atoms with Crippen LogP contribution in [0.25, 0.3) is 0 Å². The van der Waals surface area contributed by atoms with Gasteiger partial charge in [-0.3, -0.25) is 4.79 Å². The quantitative estimate of drug-likeness (QED) is 0.490. The Bertz CT molecular complexity index is 1020. The third-order valence-electron chi connectivity index (χ3n) is 8.16. The molecule has 2 N–H and O–H groups in total. The minimum Gasteiger partial charge on any atom is -0.489 e. The number of sulfone groups is 1. The van der Waals surface area contributed by atoms with Crippen molar-refractivity contribution in [1.82, 2.24) is 0 Å². The maximum absolute atomic E-state index is 13.2. The number of benzene rings is 1. The monoisotopic (exact) mass is 499 g/mol. The molecular formula is C25H32F3NO4S. The number of fused-ring (bicyclic) bond motifs is 3. The van der Waals surface area contributed by atoms with Gasteiger partial charge < -0.3 is 10.5 Å². The fourth-order valence-electron chi connectivity index (χ4n) is 5.85. The van der Waals surface area contributed by atoms with Crippen molar-refractivity contribution >= 4 is 15.6 Å². The maximum atomic E-state index is 13.2. The van der Waals surface area contributed by atoms with Gasteiger partial charge in [0.15, 0.2) is 9.84 Å². The van der Waals surface area contributed by atoms with Crippen molar-refractivity contribution in [3.63, 3.8) is 0 Å². The van der Waals surface area contributed by atoms with Crippen molar-refractivity contribution in [2.24, 2.45) is 22.5 Å². The molecule has 5 nitrogen and oxygen atoms in total. The van der Waals surface area contributed by atoms with E-state index in [0.717, 1.165) is 0 Å². The van der Waals surface area contributed by atoms with Crippen LogP contribution in [0.5, 0.6) is 5.75 Å². The van der Waals surface area contributed by atoms with Gasteiger partial charge in [0, 0.05) is 36.8 Å². The normalized spacial score (nSPS) is 29.0. The lowest BCUT2D eigenvalue weighted by atomic mass is 9.52. The molecule has 0 radical (unpaired) electrons. The molecule has 0 amide bonds. The molecule has 0 aliphatic heterocycles. The first-order valence-corrected chi connectivity index (χ1v) is 13.5. The van der Waals surface area contributed by atoms with Crippen molar-refractivity contribution in [3.8, 4) is 5.75 Å². The lowest BCUT2D eigenvalue weighted by molar-refractivity contribution is -0.146. The van der Waals surface area contributed by atoms with Crippen LogP contribution in [0.3, 0.4) is 0 Å². The Labute approximate surface area is 198 Å². The lowest BCUT2D eigenvalue weighted by Crippen LogP contribution is -2.49. The predicted molar refractivity (Wildman–Crippen MR) is 122 cm³/mol. The predicted octanol–water partition coefficient (Wildman–Crippen LogP) is 5.00. The van der Waals surface area contributed by atoms with E-state index in [1.807, 2.05) is 0 Å². The van der Waals surface area contributed by atoms with E-state index in [9.17, 15) is 26.4 Å². The summed E-state index contributed by atoms with van der Waals surface area (Å²) in [6.45, 7) is 0.0281. The first kappa shape index (κ1) is 25.2. The largest absolute Gasteiger partial charge is 0.489 e. The summed E-state index contributed by atoms with van der Waals surface area (Å²) in [6.07, 6.45) is 4.16. The molecule has 34 heavy (non-hydrogen) atoms. The molecule has 4 fully saturated rings. The van der Waals surface area contributed by atoms with E-state index in [-0.39, 0.29) is 60.2 Å². The number of nitrogens with two attached hydrogens (primary N) is 1. The first-order chi connectivity index (χ1) is 16.0. The van der Waals surface area contributed by atoms with Gasteiger partial charge in [-0.15, -0.1) is 0 Å². The highest BCUT2D eigenvalue weighted by Gasteiger charge is 2.54. The van der Waals surface area contributed by atoms with Gasteiger partial charge in [0.2, 0.25) is 5.92 Å². The number of alkyl halides is 2. The number of carbonyl (C=O) groups is 1. The van der Waals surface area contributed by atoms with Crippen molar-refractivity contribution in [2.75, 3.05) is 18.9 Å². The number of Topliss-reactive ketones (excluding diaryl/α,β-unsaturated/α-hetero) is 1. The third kappa shape index (κ3) is 5.20. The van der Waals surface area contributed by atoms with E-state index < -0.39 is 21.2 Å². The molecule has 4 saturated carbocycles. The fourth-order valence-corrected chi connectivity index (χ4v) is 7.80. The molecule has 1 aromatic carbocycles.